The number of hydrogen-bond acceptors (Lipinski definition) is 2. The Morgan fingerprint density at radius 2 is 1.27 bits per heavy atom. The van der Waals surface area contributed by atoms with Crippen LogP contribution < -0.4 is 9.80 Å². The molecule has 0 heterocycles. The Balaban J connectivity index is 1.71. The maximum Gasteiger partial charge on any atom is 0.0462 e. The summed E-state index contributed by atoms with van der Waals surface area (Å²) >= 11 is 0. The Kier molecular flexibility index (Phi) is 6.34. The molecule has 0 aromatic heterocycles. The molecule has 0 N–H and O–H groups in total. The molecule has 2 aromatic rings. The summed E-state index contributed by atoms with van der Waals surface area (Å²) in [6.45, 7) is 4.27. The second-order valence-electron chi connectivity index (χ2n) is 7.67. The molecule has 2 nitrogen and oxygen atoms in total. The van der Waals surface area contributed by atoms with Gasteiger partial charge < -0.3 is 9.80 Å². The summed E-state index contributed by atoms with van der Waals surface area (Å²) in [5.74, 6) is 0. The topological polar surface area (TPSA) is 6.48 Å². The van der Waals surface area contributed by atoms with E-state index in [-0.39, 0.29) is 0 Å². The molecule has 0 amide bonds. The van der Waals surface area contributed by atoms with Crippen LogP contribution in [0.4, 0.5) is 17.1 Å². The van der Waals surface area contributed by atoms with Crippen molar-refractivity contribution in [2.45, 2.75) is 39.5 Å². The van der Waals surface area contributed by atoms with Gasteiger partial charge in [-0.05, 0) is 88.1 Å². The van der Waals surface area contributed by atoms with Crippen molar-refractivity contribution in [1.82, 2.24) is 0 Å². The van der Waals surface area contributed by atoms with Crippen LogP contribution in [-0.4, -0.2) is 0 Å². The molecule has 2 aliphatic rings. The maximum absolute atomic E-state index is 2.34. The van der Waals surface area contributed by atoms with Crippen molar-refractivity contribution in [3.05, 3.63) is 114 Å². The number of rotatable bonds is 6. The molecule has 0 saturated carbocycles. The van der Waals surface area contributed by atoms with Gasteiger partial charge in [0.25, 0.3) is 0 Å². The van der Waals surface area contributed by atoms with Crippen LogP contribution in [0.3, 0.4) is 0 Å². The Hall–Kier alpha value is -3.26. The second-order valence-corrected chi connectivity index (χ2v) is 7.67. The van der Waals surface area contributed by atoms with E-state index in [0.717, 1.165) is 25.7 Å². The van der Waals surface area contributed by atoms with E-state index in [2.05, 4.69) is 121 Å². The zero-order chi connectivity index (χ0) is 20.8. The number of allylic oxidation sites excluding steroid dienone is 8. The van der Waals surface area contributed by atoms with Gasteiger partial charge in [-0.2, -0.15) is 0 Å². The summed E-state index contributed by atoms with van der Waals surface area (Å²) in [6.07, 6.45) is 20.2. The van der Waals surface area contributed by atoms with Crippen LogP contribution >= 0.6 is 0 Å². The zero-order valence-corrected chi connectivity index (χ0v) is 18.0. The SMILES string of the molecule is C/C=C(\C)N(C1=CCCC=C1)c1ccc(N(C2=CCCC=C2)c2ccccc2)cc1. The van der Waals surface area contributed by atoms with Crippen molar-refractivity contribution in [3.63, 3.8) is 0 Å². The van der Waals surface area contributed by atoms with E-state index in [1.165, 1.54) is 34.2 Å². The van der Waals surface area contributed by atoms with Gasteiger partial charge in [0.05, 0.1) is 0 Å². The van der Waals surface area contributed by atoms with Gasteiger partial charge in [-0.1, -0.05) is 48.6 Å². The molecule has 2 aromatic carbocycles. The van der Waals surface area contributed by atoms with Crippen LogP contribution in [0, 0.1) is 0 Å². The minimum atomic E-state index is 1.09. The van der Waals surface area contributed by atoms with E-state index in [4.69, 9.17) is 0 Å². The molecular weight excluding hydrogens is 364 g/mol. The predicted molar refractivity (Wildman–Crippen MR) is 130 cm³/mol. The molecule has 0 atom stereocenters. The normalized spacial score (nSPS) is 16.1. The maximum atomic E-state index is 2.34. The molecule has 0 radical (unpaired) electrons. The first-order valence-corrected chi connectivity index (χ1v) is 10.9. The van der Waals surface area contributed by atoms with Crippen molar-refractivity contribution in [2.75, 3.05) is 9.80 Å². The summed E-state index contributed by atoms with van der Waals surface area (Å²) in [4.78, 5) is 4.68. The standard InChI is InChI=1S/C28H30N2/c1-3-23(2)29(24-13-7-4-8-14-24)27-19-21-28(22-20-27)30(25-15-9-5-10-16-25)26-17-11-6-12-18-26/h3,5,7,9-11,13-22H,4,6,8,12H2,1-2H3/b23-3+. The molecule has 0 bridgehead atoms. The van der Waals surface area contributed by atoms with Crippen molar-refractivity contribution >= 4 is 17.1 Å². The van der Waals surface area contributed by atoms with Gasteiger partial charge in [0.2, 0.25) is 0 Å². The zero-order valence-electron chi connectivity index (χ0n) is 18.0. The first kappa shape index (κ1) is 20.0. The number of anilines is 3. The lowest BCUT2D eigenvalue weighted by Gasteiger charge is -2.30. The summed E-state index contributed by atoms with van der Waals surface area (Å²) in [5, 5.41) is 0. The van der Waals surface area contributed by atoms with E-state index in [1.54, 1.807) is 0 Å². The molecule has 0 fully saturated rings. The number of nitrogens with zero attached hydrogens (tertiary/aromatic N) is 2. The summed E-state index contributed by atoms with van der Waals surface area (Å²) in [5.41, 5.74) is 7.27. The third-order valence-electron chi connectivity index (χ3n) is 5.62. The number of benzene rings is 2. The third-order valence-corrected chi connectivity index (χ3v) is 5.62. The molecule has 4 rings (SSSR count). The highest BCUT2D eigenvalue weighted by molar-refractivity contribution is 5.73. The Morgan fingerprint density at radius 3 is 1.83 bits per heavy atom. The molecule has 0 unspecified atom stereocenters. The summed E-state index contributed by atoms with van der Waals surface area (Å²) in [6, 6.07) is 19.5. The molecular formula is C28H30N2. The van der Waals surface area contributed by atoms with Gasteiger partial charge in [-0.3, -0.25) is 0 Å². The fourth-order valence-corrected chi connectivity index (χ4v) is 3.99. The molecule has 2 heteroatoms. The van der Waals surface area contributed by atoms with Crippen LogP contribution in [0.5, 0.6) is 0 Å². The monoisotopic (exact) mass is 394 g/mol. The van der Waals surface area contributed by atoms with Gasteiger partial charge >= 0.3 is 0 Å². The van der Waals surface area contributed by atoms with Gasteiger partial charge in [0.1, 0.15) is 0 Å². The quantitative estimate of drug-likeness (QED) is 0.489. The minimum absolute atomic E-state index is 1.09. The van der Waals surface area contributed by atoms with Crippen LogP contribution in [-0.2, 0) is 0 Å². The van der Waals surface area contributed by atoms with Gasteiger partial charge in [-0.15, -0.1) is 0 Å². The van der Waals surface area contributed by atoms with E-state index in [9.17, 15) is 0 Å². The highest BCUT2D eigenvalue weighted by Gasteiger charge is 2.17. The van der Waals surface area contributed by atoms with Gasteiger partial charge in [0.15, 0.2) is 0 Å². The molecule has 2 aliphatic carbocycles. The second kappa shape index (κ2) is 9.49. The van der Waals surface area contributed by atoms with Gasteiger partial charge in [0, 0.05) is 34.2 Å². The molecule has 0 spiro atoms. The lowest BCUT2D eigenvalue weighted by Crippen LogP contribution is -2.20. The van der Waals surface area contributed by atoms with Crippen LogP contribution in [0.25, 0.3) is 0 Å². The minimum Gasteiger partial charge on any atom is -0.315 e. The largest absolute Gasteiger partial charge is 0.315 e. The van der Waals surface area contributed by atoms with Crippen molar-refractivity contribution in [3.8, 4) is 0 Å². The Labute approximate surface area is 180 Å². The van der Waals surface area contributed by atoms with E-state index < -0.39 is 0 Å². The van der Waals surface area contributed by atoms with E-state index >= 15 is 0 Å². The number of hydrogen-bond donors (Lipinski definition) is 0. The van der Waals surface area contributed by atoms with Crippen molar-refractivity contribution in [2.24, 2.45) is 0 Å². The molecule has 152 valence electrons. The number of para-hydroxylation sites is 1. The molecule has 0 saturated heterocycles. The first-order valence-electron chi connectivity index (χ1n) is 10.9. The average molecular weight is 395 g/mol. The highest BCUT2D eigenvalue weighted by atomic mass is 15.2. The lowest BCUT2D eigenvalue weighted by molar-refractivity contribution is 0.976. The van der Waals surface area contributed by atoms with Crippen LogP contribution in [0.1, 0.15) is 39.5 Å². The van der Waals surface area contributed by atoms with E-state index in [1.807, 2.05) is 0 Å². The molecule has 30 heavy (non-hydrogen) atoms. The third kappa shape index (κ3) is 4.33. The van der Waals surface area contributed by atoms with Crippen molar-refractivity contribution in [1.29, 1.82) is 0 Å². The Bertz CT molecular complexity index is 1000. The molecule has 0 aliphatic heterocycles. The van der Waals surface area contributed by atoms with Crippen molar-refractivity contribution < 1.29 is 0 Å². The Morgan fingerprint density at radius 1 is 0.700 bits per heavy atom. The smallest absolute Gasteiger partial charge is 0.0462 e. The first-order chi connectivity index (χ1) is 14.8. The van der Waals surface area contributed by atoms with Crippen LogP contribution in [0.15, 0.2) is 114 Å². The fraction of sp³-hybridized carbons (Fsp3) is 0.214. The summed E-state index contributed by atoms with van der Waals surface area (Å²) < 4.78 is 0. The average Bonchev–Trinajstić information content (AvgIpc) is 2.82. The van der Waals surface area contributed by atoms with Gasteiger partial charge in [-0.25, -0.2) is 0 Å². The lowest BCUT2D eigenvalue weighted by atomic mass is 10.1. The summed E-state index contributed by atoms with van der Waals surface area (Å²) in [7, 11) is 0. The van der Waals surface area contributed by atoms with E-state index in [0.29, 0.717) is 0 Å². The predicted octanol–water partition coefficient (Wildman–Crippen LogP) is 8.02. The van der Waals surface area contributed by atoms with Crippen LogP contribution in [0.2, 0.25) is 0 Å². The highest BCUT2D eigenvalue weighted by Crippen LogP contribution is 2.35. The fourth-order valence-electron chi connectivity index (χ4n) is 3.99.